The van der Waals surface area contributed by atoms with Crippen molar-refractivity contribution in [2.24, 2.45) is 0 Å². The first kappa shape index (κ1) is 12.5. The molecule has 3 heterocycles. The summed E-state index contributed by atoms with van der Waals surface area (Å²) in [4.78, 5) is 8.27. The fraction of sp³-hybridized carbons (Fsp3) is 0.200. The number of hydrogen-bond acceptors (Lipinski definition) is 4. The van der Waals surface area contributed by atoms with E-state index in [0.29, 0.717) is 5.82 Å². The Bertz CT molecular complexity index is 687. The summed E-state index contributed by atoms with van der Waals surface area (Å²) >= 11 is 0. The highest BCUT2D eigenvalue weighted by atomic mass is 16.3. The van der Waals surface area contributed by atoms with Gasteiger partial charge >= 0.3 is 0 Å². The molecule has 0 radical (unpaired) electrons. The predicted octanol–water partition coefficient (Wildman–Crippen LogP) is 2.92. The van der Waals surface area contributed by atoms with E-state index in [1.807, 2.05) is 36.8 Å². The molecule has 3 rings (SSSR count). The highest BCUT2D eigenvalue weighted by Crippen LogP contribution is 2.25. The number of aromatic nitrogens is 3. The summed E-state index contributed by atoms with van der Waals surface area (Å²) < 4.78 is 7.53. The van der Waals surface area contributed by atoms with Gasteiger partial charge in [-0.05, 0) is 31.2 Å². The smallest absolute Gasteiger partial charge is 0.123 e. The van der Waals surface area contributed by atoms with Crippen LogP contribution >= 0.6 is 0 Å². The zero-order valence-electron chi connectivity index (χ0n) is 11.2. The minimum absolute atomic E-state index is 0.244. The summed E-state index contributed by atoms with van der Waals surface area (Å²) in [5.41, 5.74) is 7.79. The third-order valence-corrected chi connectivity index (χ3v) is 3.29. The van der Waals surface area contributed by atoms with Gasteiger partial charge in [-0.25, -0.2) is 9.97 Å². The number of nitrogens with two attached hydrogens (primary N) is 1. The molecule has 5 heteroatoms. The zero-order valence-corrected chi connectivity index (χ0v) is 11.2. The maximum absolute atomic E-state index is 5.74. The third-order valence-electron chi connectivity index (χ3n) is 3.29. The number of pyridine rings is 1. The molecule has 0 aliphatic heterocycles. The van der Waals surface area contributed by atoms with Crippen molar-refractivity contribution in [2.75, 3.05) is 5.73 Å². The van der Waals surface area contributed by atoms with Crippen LogP contribution in [0.1, 0.15) is 18.7 Å². The van der Waals surface area contributed by atoms with Crippen molar-refractivity contribution in [1.29, 1.82) is 0 Å². The van der Waals surface area contributed by atoms with Crippen LogP contribution < -0.4 is 5.73 Å². The van der Waals surface area contributed by atoms with Crippen LogP contribution in [0.25, 0.3) is 11.3 Å². The van der Waals surface area contributed by atoms with E-state index in [-0.39, 0.29) is 6.04 Å². The van der Waals surface area contributed by atoms with Crippen LogP contribution in [0.2, 0.25) is 0 Å². The van der Waals surface area contributed by atoms with E-state index >= 15 is 0 Å². The molecule has 20 heavy (non-hydrogen) atoms. The van der Waals surface area contributed by atoms with Gasteiger partial charge in [-0.2, -0.15) is 0 Å². The highest BCUT2D eigenvalue weighted by Gasteiger charge is 2.13. The number of imidazole rings is 1. The fourth-order valence-electron chi connectivity index (χ4n) is 2.31. The van der Waals surface area contributed by atoms with E-state index in [1.54, 1.807) is 12.5 Å². The van der Waals surface area contributed by atoms with Crippen LogP contribution in [0.4, 0.5) is 5.82 Å². The molecule has 0 bridgehead atoms. The number of nitrogens with zero attached hydrogens (tertiary/aromatic N) is 3. The quantitative estimate of drug-likeness (QED) is 0.789. The van der Waals surface area contributed by atoms with Crippen LogP contribution in [-0.4, -0.2) is 14.5 Å². The number of hydrogen-bond donors (Lipinski definition) is 1. The van der Waals surface area contributed by atoms with E-state index in [9.17, 15) is 0 Å². The molecule has 0 spiro atoms. The molecule has 102 valence electrons. The summed E-state index contributed by atoms with van der Waals surface area (Å²) in [5, 5.41) is 0. The number of furan rings is 1. The molecule has 5 nitrogen and oxygen atoms in total. The lowest BCUT2D eigenvalue weighted by atomic mass is 10.1. The molecular weight excluding hydrogens is 252 g/mol. The van der Waals surface area contributed by atoms with Gasteiger partial charge in [0.05, 0.1) is 24.5 Å². The molecule has 1 atom stereocenters. The van der Waals surface area contributed by atoms with Crippen LogP contribution in [0.15, 0.2) is 53.7 Å². The standard InChI is InChI=1S/C15H16N4O/c1-11(7-13-3-2-6-20-13)19-10-17-9-14(19)12-4-5-18-15(16)8-12/h2-6,8-11H,7H2,1H3,(H2,16,18). The summed E-state index contributed by atoms with van der Waals surface area (Å²) in [6, 6.07) is 7.92. The van der Waals surface area contributed by atoms with Gasteiger partial charge in [0.2, 0.25) is 0 Å². The fourth-order valence-corrected chi connectivity index (χ4v) is 2.31. The molecule has 0 aliphatic carbocycles. The SMILES string of the molecule is CC(Cc1ccco1)n1cncc1-c1ccnc(N)c1. The van der Waals surface area contributed by atoms with Gasteiger partial charge < -0.3 is 14.7 Å². The third kappa shape index (κ3) is 2.42. The molecule has 0 saturated heterocycles. The molecular formula is C15H16N4O. The van der Waals surface area contributed by atoms with Crippen molar-refractivity contribution in [3.8, 4) is 11.3 Å². The number of rotatable bonds is 4. The topological polar surface area (TPSA) is 69.9 Å². The second-order valence-electron chi connectivity index (χ2n) is 4.79. The van der Waals surface area contributed by atoms with Gasteiger partial charge in [0.25, 0.3) is 0 Å². The lowest BCUT2D eigenvalue weighted by Gasteiger charge is -2.15. The van der Waals surface area contributed by atoms with Crippen molar-refractivity contribution in [3.05, 3.63) is 55.0 Å². The molecule has 0 aliphatic rings. The summed E-state index contributed by atoms with van der Waals surface area (Å²) in [5.74, 6) is 1.47. The van der Waals surface area contributed by atoms with Crippen molar-refractivity contribution in [1.82, 2.24) is 14.5 Å². The Labute approximate surface area is 117 Å². The monoisotopic (exact) mass is 268 g/mol. The second-order valence-corrected chi connectivity index (χ2v) is 4.79. The van der Waals surface area contributed by atoms with E-state index in [2.05, 4.69) is 21.5 Å². The molecule has 0 fully saturated rings. The molecule has 0 saturated carbocycles. The van der Waals surface area contributed by atoms with Crippen LogP contribution in [0, 0.1) is 0 Å². The first-order valence-corrected chi connectivity index (χ1v) is 6.50. The number of nitrogen functional groups attached to an aromatic ring is 1. The van der Waals surface area contributed by atoms with Crippen LogP contribution in [0.3, 0.4) is 0 Å². The molecule has 2 N–H and O–H groups in total. The summed E-state index contributed by atoms with van der Waals surface area (Å²) in [6.45, 7) is 2.14. The first-order chi connectivity index (χ1) is 9.74. The second kappa shape index (κ2) is 5.21. The average molecular weight is 268 g/mol. The lowest BCUT2D eigenvalue weighted by Crippen LogP contribution is -2.08. The van der Waals surface area contributed by atoms with E-state index in [4.69, 9.17) is 10.2 Å². The maximum Gasteiger partial charge on any atom is 0.123 e. The minimum atomic E-state index is 0.244. The maximum atomic E-state index is 5.74. The van der Waals surface area contributed by atoms with E-state index in [0.717, 1.165) is 23.4 Å². The Morgan fingerprint density at radius 2 is 2.30 bits per heavy atom. The van der Waals surface area contributed by atoms with Crippen LogP contribution in [0.5, 0.6) is 0 Å². The van der Waals surface area contributed by atoms with Crippen molar-refractivity contribution in [2.45, 2.75) is 19.4 Å². The predicted molar refractivity (Wildman–Crippen MR) is 77.0 cm³/mol. The van der Waals surface area contributed by atoms with Crippen LogP contribution in [-0.2, 0) is 6.42 Å². The largest absolute Gasteiger partial charge is 0.469 e. The highest BCUT2D eigenvalue weighted by molar-refractivity contribution is 5.61. The summed E-state index contributed by atoms with van der Waals surface area (Å²) in [6.07, 6.45) is 7.89. The van der Waals surface area contributed by atoms with Crippen molar-refractivity contribution in [3.63, 3.8) is 0 Å². The van der Waals surface area contributed by atoms with Gasteiger partial charge in [-0.15, -0.1) is 0 Å². The average Bonchev–Trinajstić information content (AvgIpc) is 3.09. The van der Waals surface area contributed by atoms with E-state index in [1.165, 1.54) is 0 Å². The molecule has 1 unspecified atom stereocenters. The van der Waals surface area contributed by atoms with E-state index < -0.39 is 0 Å². The van der Waals surface area contributed by atoms with Gasteiger partial charge in [0.15, 0.2) is 0 Å². The Morgan fingerprint density at radius 1 is 1.40 bits per heavy atom. The van der Waals surface area contributed by atoms with Crippen molar-refractivity contribution < 1.29 is 4.42 Å². The van der Waals surface area contributed by atoms with Gasteiger partial charge in [-0.1, -0.05) is 0 Å². The zero-order chi connectivity index (χ0) is 13.9. The molecule has 0 amide bonds. The summed E-state index contributed by atoms with van der Waals surface area (Å²) in [7, 11) is 0. The van der Waals surface area contributed by atoms with Gasteiger partial charge in [0, 0.05) is 24.2 Å². The first-order valence-electron chi connectivity index (χ1n) is 6.50. The molecule has 0 aromatic carbocycles. The normalized spacial score (nSPS) is 12.4. The molecule has 3 aromatic heterocycles. The van der Waals surface area contributed by atoms with Crippen molar-refractivity contribution >= 4 is 5.82 Å². The Kier molecular flexibility index (Phi) is 3.25. The van der Waals surface area contributed by atoms with Gasteiger partial charge in [-0.3, -0.25) is 0 Å². The Morgan fingerprint density at radius 3 is 3.05 bits per heavy atom. The van der Waals surface area contributed by atoms with Gasteiger partial charge in [0.1, 0.15) is 11.6 Å². The lowest BCUT2D eigenvalue weighted by molar-refractivity contribution is 0.450. The molecule has 3 aromatic rings. The minimum Gasteiger partial charge on any atom is -0.469 e. The Hall–Kier alpha value is -2.56. The Balaban J connectivity index is 1.90. The number of anilines is 1.